The Morgan fingerprint density at radius 2 is 1.76 bits per heavy atom. The van der Waals surface area contributed by atoms with Crippen LogP contribution in [-0.2, 0) is 9.59 Å². The minimum Gasteiger partial charge on any atom is -0.497 e. The van der Waals surface area contributed by atoms with E-state index in [9.17, 15) is 9.59 Å². The van der Waals surface area contributed by atoms with Crippen molar-refractivity contribution in [1.82, 2.24) is 0 Å². The summed E-state index contributed by atoms with van der Waals surface area (Å²) in [4.78, 5) is 26.2. The number of nitrogens with zero attached hydrogens (tertiary/aromatic N) is 1. The fourth-order valence-corrected chi connectivity index (χ4v) is 3.34. The maximum Gasteiger partial charge on any atom is 0.283 e. The molecule has 2 aromatic carbocycles. The summed E-state index contributed by atoms with van der Waals surface area (Å²) < 4.78 is 6.17. The highest BCUT2D eigenvalue weighted by molar-refractivity contribution is 14.1. The first kappa shape index (κ1) is 17.8. The molecule has 1 N–H and O–H groups in total. The number of ether oxygens (including phenoxy) is 1. The van der Waals surface area contributed by atoms with Crippen LogP contribution in [0.25, 0.3) is 0 Å². The van der Waals surface area contributed by atoms with Crippen LogP contribution >= 0.6 is 34.2 Å². The second-order valence-electron chi connectivity index (χ2n) is 5.42. The first-order chi connectivity index (χ1) is 11.9. The van der Waals surface area contributed by atoms with Crippen molar-refractivity contribution in [2.75, 3.05) is 17.3 Å². The molecular weight excluding hydrogens is 455 g/mol. The normalized spacial score (nSPS) is 14.3. The number of carbonyl (C=O) groups is 2. The van der Waals surface area contributed by atoms with Crippen LogP contribution in [0.4, 0.5) is 11.4 Å². The average Bonchev–Trinajstić information content (AvgIpc) is 2.81. The van der Waals surface area contributed by atoms with E-state index >= 15 is 0 Å². The van der Waals surface area contributed by atoms with Crippen molar-refractivity contribution in [3.05, 3.63) is 62.3 Å². The molecule has 128 valence electrons. The van der Waals surface area contributed by atoms with Crippen molar-refractivity contribution in [2.45, 2.75) is 6.92 Å². The first-order valence-corrected chi connectivity index (χ1v) is 8.84. The molecule has 0 fully saturated rings. The van der Waals surface area contributed by atoms with E-state index in [0.29, 0.717) is 11.4 Å². The molecule has 0 atom stereocenters. The van der Waals surface area contributed by atoms with E-state index < -0.39 is 11.8 Å². The zero-order valence-corrected chi connectivity index (χ0v) is 16.4. The molecule has 2 amide bonds. The molecule has 2 aromatic rings. The number of nitrogens with one attached hydrogen (secondary N) is 1. The highest BCUT2D eigenvalue weighted by Gasteiger charge is 2.39. The maximum atomic E-state index is 12.7. The van der Waals surface area contributed by atoms with Crippen LogP contribution in [0.15, 0.2) is 53.2 Å². The number of imide groups is 1. The molecule has 0 spiro atoms. The van der Waals surface area contributed by atoms with E-state index in [1.165, 1.54) is 0 Å². The van der Waals surface area contributed by atoms with Crippen LogP contribution < -0.4 is 15.0 Å². The predicted octanol–water partition coefficient (Wildman–Crippen LogP) is 4.04. The molecular formula is C18H14ClIN2O3. The van der Waals surface area contributed by atoms with Gasteiger partial charge in [-0.15, -0.1) is 0 Å². The lowest BCUT2D eigenvalue weighted by Crippen LogP contribution is -2.32. The Hall–Kier alpha value is -2.06. The lowest BCUT2D eigenvalue weighted by Gasteiger charge is -2.16. The molecule has 0 aromatic heterocycles. The molecule has 5 nitrogen and oxygen atoms in total. The molecule has 0 unspecified atom stereocenters. The Bertz CT molecular complexity index is 894. The third-order valence-corrected chi connectivity index (χ3v) is 4.83. The molecule has 7 heteroatoms. The van der Waals surface area contributed by atoms with Crippen molar-refractivity contribution >= 4 is 57.4 Å². The number of hydrogen-bond acceptors (Lipinski definition) is 4. The van der Waals surface area contributed by atoms with Gasteiger partial charge in [-0.1, -0.05) is 11.6 Å². The summed E-state index contributed by atoms with van der Waals surface area (Å²) in [6.07, 6.45) is 0. The van der Waals surface area contributed by atoms with Gasteiger partial charge in [-0.25, -0.2) is 4.90 Å². The van der Waals surface area contributed by atoms with Gasteiger partial charge in [0.05, 0.1) is 12.8 Å². The predicted molar refractivity (Wildman–Crippen MR) is 106 cm³/mol. The number of carbonyl (C=O) groups excluding carboxylic acids is 2. The standard InChI is InChI=1S/C18H14ClIN2O3/c1-10-9-11(20)3-8-14(10)21-16-15(19)17(23)22(18(16)24)12-4-6-13(25-2)7-5-12/h3-9,21H,1-2H3. The Balaban J connectivity index is 1.90. The van der Waals surface area contributed by atoms with Crippen molar-refractivity contribution in [2.24, 2.45) is 0 Å². The molecule has 0 aliphatic carbocycles. The number of hydrogen-bond donors (Lipinski definition) is 1. The molecule has 0 radical (unpaired) electrons. The lowest BCUT2D eigenvalue weighted by atomic mass is 10.2. The smallest absolute Gasteiger partial charge is 0.283 e. The third kappa shape index (κ3) is 3.36. The molecule has 25 heavy (non-hydrogen) atoms. The summed E-state index contributed by atoms with van der Waals surface area (Å²) in [5.41, 5.74) is 2.19. The maximum absolute atomic E-state index is 12.7. The molecule has 1 heterocycles. The van der Waals surface area contributed by atoms with Crippen LogP contribution in [0, 0.1) is 10.5 Å². The summed E-state index contributed by atoms with van der Waals surface area (Å²) in [5, 5.41) is 2.87. The average molecular weight is 469 g/mol. The van der Waals surface area contributed by atoms with Gasteiger partial charge in [0, 0.05) is 9.26 Å². The second-order valence-corrected chi connectivity index (χ2v) is 7.04. The van der Waals surface area contributed by atoms with Crippen LogP contribution in [-0.4, -0.2) is 18.9 Å². The number of aryl methyl sites for hydroxylation is 1. The summed E-state index contributed by atoms with van der Waals surface area (Å²) in [6, 6.07) is 12.4. The largest absolute Gasteiger partial charge is 0.497 e. The summed E-state index contributed by atoms with van der Waals surface area (Å²) >= 11 is 8.35. The first-order valence-electron chi connectivity index (χ1n) is 7.38. The molecule has 1 aliphatic heterocycles. The summed E-state index contributed by atoms with van der Waals surface area (Å²) in [7, 11) is 1.55. The number of anilines is 2. The van der Waals surface area contributed by atoms with E-state index in [1.807, 2.05) is 25.1 Å². The highest BCUT2D eigenvalue weighted by atomic mass is 127. The van der Waals surface area contributed by atoms with Gasteiger partial charge in [0.1, 0.15) is 16.5 Å². The number of amides is 2. The van der Waals surface area contributed by atoms with Gasteiger partial charge in [0.15, 0.2) is 0 Å². The second kappa shape index (κ2) is 7.05. The Morgan fingerprint density at radius 3 is 2.36 bits per heavy atom. The summed E-state index contributed by atoms with van der Waals surface area (Å²) in [6.45, 7) is 1.92. The fourth-order valence-electron chi connectivity index (χ4n) is 2.48. The lowest BCUT2D eigenvalue weighted by molar-refractivity contribution is -0.120. The molecule has 3 rings (SSSR count). The van der Waals surface area contributed by atoms with Crippen molar-refractivity contribution in [3.63, 3.8) is 0 Å². The van der Waals surface area contributed by atoms with E-state index in [1.54, 1.807) is 31.4 Å². The van der Waals surface area contributed by atoms with Crippen LogP contribution in [0.3, 0.4) is 0 Å². The topological polar surface area (TPSA) is 58.6 Å². The fraction of sp³-hybridized carbons (Fsp3) is 0.111. The third-order valence-electron chi connectivity index (χ3n) is 3.81. The van der Waals surface area contributed by atoms with Gasteiger partial charge in [0.25, 0.3) is 11.8 Å². The van der Waals surface area contributed by atoms with E-state index in [2.05, 4.69) is 27.9 Å². The number of methoxy groups -OCH3 is 1. The quantitative estimate of drug-likeness (QED) is 0.543. The molecule has 0 bridgehead atoms. The van der Waals surface area contributed by atoms with E-state index in [4.69, 9.17) is 16.3 Å². The Labute approximate surface area is 163 Å². The number of benzene rings is 2. The summed E-state index contributed by atoms with van der Waals surface area (Å²) in [5.74, 6) is -0.407. The van der Waals surface area contributed by atoms with Gasteiger partial charge in [0.2, 0.25) is 0 Å². The molecule has 0 saturated heterocycles. The van der Waals surface area contributed by atoms with Crippen molar-refractivity contribution in [1.29, 1.82) is 0 Å². The van der Waals surface area contributed by atoms with Gasteiger partial charge in [-0.05, 0) is 77.5 Å². The van der Waals surface area contributed by atoms with Crippen LogP contribution in [0.2, 0.25) is 0 Å². The highest BCUT2D eigenvalue weighted by Crippen LogP contribution is 2.31. The van der Waals surface area contributed by atoms with Crippen molar-refractivity contribution in [3.8, 4) is 5.75 Å². The Morgan fingerprint density at radius 1 is 1.08 bits per heavy atom. The van der Waals surface area contributed by atoms with Gasteiger partial charge in [-0.3, -0.25) is 9.59 Å². The van der Waals surface area contributed by atoms with Crippen LogP contribution in [0.1, 0.15) is 5.56 Å². The van der Waals surface area contributed by atoms with Crippen molar-refractivity contribution < 1.29 is 14.3 Å². The van der Waals surface area contributed by atoms with E-state index in [0.717, 1.165) is 19.7 Å². The van der Waals surface area contributed by atoms with E-state index in [-0.39, 0.29) is 10.7 Å². The Kier molecular flexibility index (Phi) is 5.01. The van der Waals surface area contributed by atoms with Gasteiger partial charge < -0.3 is 10.1 Å². The SMILES string of the molecule is COc1ccc(N2C(=O)C(Cl)=C(Nc3ccc(I)cc3C)C2=O)cc1. The number of rotatable bonds is 4. The monoisotopic (exact) mass is 468 g/mol. The zero-order valence-electron chi connectivity index (χ0n) is 13.5. The number of halogens is 2. The molecule has 1 aliphatic rings. The van der Waals surface area contributed by atoms with Gasteiger partial charge in [-0.2, -0.15) is 0 Å². The minimum absolute atomic E-state index is 0.0757. The zero-order chi connectivity index (χ0) is 18.1. The van der Waals surface area contributed by atoms with Crippen LogP contribution in [0.5, 0.6) is 5.75 Å². The minimum atomic E-state index is -0.553. The molecule has 0 saturated carbocycles. The van der Waals surface area contributed by atoms with Gasteiger partial charge >= 0.3 is 0 Å².